The van der Waals surface area contributed by atoms with E-state index >= 15 is 0 Å². The van der Waals surface area contributed by atoms with E-state index in [1.807, 2.05) is 30.5 Å². The summed E-state index contributed by atoms with van der Waals surface area (Å²) in [5.74, 6) is 0.810. The highest BCUT2D eigenvalue weighted by molar-refractivity contribution is 7.14. The maximum absolute atomic E-state index is 5.98. The third-order valence-corrected chi connectivity index (χ3v) is 4.08. The zero-order valence-corrected chi connectivity index (χ0v) is 13.9. The summed E-state index contributed by atoms with van der Waals surface area (Å²) < 4.78 is 0. The number of hydrogen-bond donors (Lipinski definition) is 2. The second kappa shape index (κ2) is 7.11. The van der Waals surface area contributed by atoms with E-state index in [0.717, 1.165) is 52.4 Å². The number of aliphatic imine (C=N–C) groups is 1. The van der Waals surface area contributed by atoms with Crippen LogP contribution in [-0.4, -0.2) is 24.0 Å². The highest BCUT2D eigenvalue weighted by Gasteiger charge is 2.10. The summed E-state index contributed by atoms with van der Waals surface area (Å²) in [5, 5.41) is 10.1. The van der Waals surface area contributed by atoms with Crippen molar-refractivity contribution in [2.45, 2.75) is 13.3 Å². The third kappa shape index (κ3) is 3.87. The highest BCUT2D eigenvalue weighted by Crippen LogP contribution is 2.29. The van der Waals surface area contributed by atoms with Crippen molar-refractivity contribution in [1.29, 1.82) is 0 Å². The van der Waals surface area contributed by atoms with Gasteiger partial charge in [0.05, 0.1) is 5.69 Å². The molecule has 0 aliphatic carbocycles. The van der Waals surface area contributed by atoms with Crippen molar-refractivity contribution in [3.05, 3.63) is 34.2 Å². The first-order chi connectivity index (χ1) is 9.72. The van der Waals surface area contributed by atoms with Gasteiger partial charge in [0.25, 0.3) is 0 Å². The monoisotopic (exact) mass is 342 g/mol. The van der Waals surface area contributed by atoms with Gasteiger partial charge in [-0.2, -0.15) is 0 Å². The molecule has 0 saturated heterocycles. The van der Waals surface area contributed by atoms with Gasteiger partial charge >= 0.3 is 0 Å². The van der Waals surface area contributed by atoms with E-state index in [-0.39, 0.29) is 12.4 Å². The number of thiazole rings is 1. The van der Waals surface area contributed by atoms with Gasteiger partial charge < -0.3 is 10.6 Å². The summed E-state index contributed by atoms with van der Waals surface area (Å²) in [5.41, 5.74) is 3.20. The molecular weight excluding hydrogens is 327 g/mol. The van der Waals surface area contributed by atoms with Crippen LogP contribution < -0.4 is 10.6 Å². The first-order valence-electron chi connectivity index (χ1n) is 6.50. The van der Waals surface area contributed by atoms with Crippen LogP contribution in [0, 0.1) is 6.92 Å². The minimum atomic E-state index is 0. The van der Waals surface area contributed by atoms with Crippen LogP contribution in [-0.2, 0) is 0 Å². The van der Waals surface area contributed by atoms with E-state index in [1.54, 1.807) is 11.3 Å². The van der Waals surface area contributed by atoms with Crippen molar-refractivity contribution in [2.75, 3.05) is 18.4 Å². The number of nitrogens with one attached hydrogen (secondary N) is 2. The molecule has 0 amide bonds. The Morgan fingerprint density at radius 3 is 2.95 bits per heavy atom. The quantitative estimate of drug-likeness (QED) is 0.868. The van der Waals surface area contributed by atoms with E-state index in [4.69, 9.17) is 11.6 Å². The van der Waals surface area contributed by atoms with E-state index in [2.05, 4.69) is 20.6 Å². The van der Waals surface area contributed by atoms with Gasteiger partial charge in [0.2, 0.25) is 0 Å². The fraction of sp³-hybridized carbons (Fsp3) is 0.286. The molecule has 2 aromatic rings. The van der Waals surface area contributed by atoms with Crippen molar-refractivity contribution < 1.29 is 0 Å². The molecule has 112 valence electrons. The van der Waals surface area contributed by atoms with Gasteiger partial charge in [-0.1, -0.05) is 17.7 Å². The molecule has 7 heteroatoms. The Balaban J connectivity index is 0.00000161. The van der Waals surface area contributed by atoms with Crippen LogP contribution in [0.1, 0.15) is 12.0 Å². The van der Waals surface area contributed by atoms with Crippen LogP contribution in [0.3, 0.4) is 0 Å². The van der Waals surface area contributed by atoms with Gasteiger partial charge in [-0.3, -0.25) is 4.99 Å². The van der Waals surface area contributed by atoms with Crippen LogP contribution in [0.5, 0.6) is 0 Å². The molecule has 0 spiro atoms. The summed E-state index contributed by atoms with van der Waals surface area (Å²) in [6, 6.07) is 5.85. The second-order valence-electron chi connectivity index (χ2n) is 4.63. The smallest absolute Gasteiger partial charge is 0.197 e. The lowest BCUT2D eigenvalue weighted by Crippen LogP contribution is -2.35. The molecule has 3 rings (SSSR count). The van der Waals surface area contributed by atoms with Crippen molar-refractivity contribution in [2.24, 2.45) is 4.99 Å². The van der Waals surface area contributed by atoms with Gasteiger partial charge in [-0.15, -0.1) is 23.7 Å². The molecule has 21 heavy (non-hydrogen) atoms. The minimum absolute atomic E-state index is 0. The second-order valence-corrected chi connectivity index (χ2v) is 5.93. The number of nitrogens with zero attached hydrogens (tertiary/aromatic N) is 2. The lowest BCUT2D eigenvalue weighted by molar-refractivity contribution is 0.740. The summed E-state index contributed by atoms with van der Waals surface area (Å²) in [6.45, 7) is 3.87. The SMILES string of the molecule is Cc1cc(Cl)ccc1-c1csc(NC2=NCCCN2)n1.Cl. The van der Waals surface area contributed by atoms with Crippen molar-refractivity contribution in [3.63, 3.8) is 0 Å². The summed E-state index contributed by atoms with van der Waals surface area (Å²) in [6.07, 6.45) is 1.08. The van der Waals surface area contributed by atoms with Crippen molar-refractivity contribution >= 4 is 46.4 Å². The molecule has 0 bridgehead atoms. The Hall–Kier alpha value is -1.30. The van der Waals surface area contributed by atoms with Crippen LogP contribution >= 0.6 is 35.3 Å². The number of halogens is 2. The molecule has 2 N–H and O–H groups in total. The summed E-state index contributed by atoms with van der Waals surface area (Å²) in [4.78, 5) is 8.99. The zero-order valence-electron chi connectivity index (χ0n) is 11.5. The number of aromatic nitrogens is 1. The summed E-state index contributed by atoms with van der Waals surface area (Å²) in [7, 11) is 0. The highest BCUT2D eigenvalue weighted by atomic mass is 35.5. The van der Waals surface area contributed by atoms with Gasteiger partial charge in [0.1, 0.15) is 0 Å². The first kappa shape index (κ1) is 16.1. The first-order valence-corrected chi connectivity index (χ1v) is 7.75. The zero-order chi connectivity index (χ0) is 13.9. The fourth-order valence-electron chi connectivity index (χ4n) is 2.09. The molecule has 0 unspecified atom stereocenters. The number of benzene rings is 1. The standard InChI is InChI=1S/C14H15ClN4S.ClH/c1-9-7-10(15)3-4-11(9)12-8-20-14(18-12)19-13-16-5-2-6-17-13;/h3-4,7-8H,2,5-6H2,1H3,(H2,16,17,18,19);1H. The lowest BCUT2D eigenvalue weighted by atomic mass is 10.1. The topological polar surface area (TPSA) is 49.3 Å². The average molecular weight is 343 g/mol. The lowest BCUT2D eigenvalue weighted by Gasteiger charge is -2.14. The van der Waals surface area contributed by atoms with Gasteiger partial charge in [0, 0.05) is 29.1 Å². The van der Waals surface area contributed by atoms with Crippen molar-refractivity contribution in [3.8, 4) is 11.3 Å². The van der Waals surface area contributed by atoms with Gasteiger partial charge in [-0.05, 0) is 31.0 Å². The number of anilines is 1. The maximum Gasteiger partial charge on any atom is 0.197 e. The molecular formula is C14H16Cl2N4S. The number of hydrogen-bond acceptors (Lipinski definition) is 5. The molecule has 0 radical (unpaired) electrons. The van der Waals surface area contributed by atoms with E-state index in [0.29, 0.717) is 0 Å². The number of guanidine groups is 1. The Labute approximate surface area is 139 Å². The Morgan fingerprint density at radius 2 is 2.24 bits per heavy atom. The molecule has 4 nitrogen and oxygen atoms in total. The van der Waals surface area contributed by atoms with Crippen LogP contribution in [0.25, 0.3) is 11.3 Å². The van der Waals surface area contributed by atoms with Crippen molar-refractivity contribution in [1.82, 2.24) is 10.3 Å². The molecule has 2 heterocycles. The molecule has 1 aliphatic heterocycles. The summed E-state index contributed by atoms with van der Waals surface area (Å²) >= 11 is 7.56. The van der Waals surface area contributed by atoms with E-state index < -0.39 is 0 Å². The van der Waals surface area contributed by atoms with Crippen LogP contribution in [0.4, 0.5) is 5.13 Å². The van der Waals surface area contributed by atoms with Gasteiger partial charge in [-0.25, -0.2) is 4.98 Å². The third-order valence-electron chi connectivity index (χ3n) is 3.09. The molecule has 0 saturated carbocycles. The maximum atomic E-state index is 5.98. The van der Waals surface area contributed by atoms with E-state index in [9.17, 15) is 0 Å². The van der Waals surface area contributed by atoms with Crippen LogP contribution in [0.2, 0.25) is 5.02 Å². The largest absolute Gasteiger partial charge is 0.356 e. The molecule has 0 atom stereocenters. The normalized spacial score (nSPS) is 13.9. The predicted molar refractivity (Wildman–Crippen MR) is 93.1 cm³/mol. The number of aryl methyl sites for hydroxylation is 1. The predicted octanol–water partition coefficient (Wildman–Crippen LogP) is 3.95. The number of rotatable bonds is 2. The molecule has 0 fully saturated rings. The Bertz CT molecular complexity index is 654. The van der Waals surface area contributed by atoms with Crippen LogP contribution in [0.15, 0.2) is 28.6 Å². The minimum Gasteiger partial charge on any atom is -0.356 e. The fourth-order valence-corrected chi connectivity index (χ4v) is 3.02. The Kier molecular flexibility index (Phi) is 5.45. The Morgan fingerprint density at radius 1 is 1.38 bits per heavy atom. The average Bonchev–Trinajstić information content (AvgIpc) is 2.88. The van der Waals surface area contributed by atoms with E-state index in [1.165, 1.54) is 0 Å². The van der Waals surface area contributed by atoms with Gasteiger partial charge in [0.15, 0.2) is 11.1 Å². The molecule has 1 aromatic heterocycles. The molecule has 1 aromatic carbocycles. The molecule has 1 aliphatic rings.